The molecule has 0 saturated heterocycles. The number of alkyl halides is 4. The maximum atomic E-state index is 12.1. The van der Waals surface area contributed by atoms with E-state index in [2.05, 4.69) is 9.72 Å². The van der Waals surface area contributed by atoms with E-state index in [0.717, 1.165) is 0 Å². The van der Waals surface area contributed by atoms with Gasteiger partial charge >= 0.3 is 6.36 Å². The molecule has 0 fully saturated rings. The molecule has 0 atom stereocenters. The summed E-state index contributed by atoms with van der Waals surface area (Å²) in [5.41, 5.74) is 0.389. The third-order valence-electron chi connectivity index (χ3n) is 1.85. The lowest BCUT2D eigenvalue weighted by Gasteiger charge is -2.14. The van der Waals surface area contributed by atoms with Crippen LogP contribution in [0.1, 0.15) is 11.3 Å². The second-order valence-electron chi connectivity index (χ2n) is 2.94. The van der Waals surface area contributed by atoms with Crippen LogP contribution in [0.15, 0.2) is 6.07 Å². The fraction of sp³-hybridized carbons (Fsp3) is 0.444. The van der Waals surface area contributed by atoms with Crippen molar-refractivity contribution < 1.29 is 27.8 Å². The van der Waals surface area contributed by atoms with Crippen LogP contribution in [0.2, 0.25) is 0 Å². The number of halogens is 4. The van der Waals surface area contributed by atoms with E-state index in [1.54, 1.807) is 0 Å². The first-order valence-electron chi connectivity index (χ1n) is 4.40. The van der Waals surface area contributed by atoms with Crippen molar-refractivity contribution in [3.8, 4) is 11.6 Å². The summed E-state index contributed by atoms with van der Waals surface area (Å²) in [6, 6.07) is 1.24. The summed E-state index contributed by atoms with van der Waals surface area (Å²) in [5, 5.41) is 8.94. The Labute approximate surface area is 99.9 Å². The van der Waals surface area contributed by atoms with Crippen LogP contribution in [0.3, 0.4) is 0 Å². The maximum absolute atomic E-state index is 12.1. The normalized spacial score (nSPS) is 11.4. The molecule has 0 bridgehead atoms. The molecule has 0 radical (unpaired) electrons. The zero-order valence-corrected chi connectivity index (χ0v) is 9.47. The molecule has 0 unspecified atom stereocenters. The van der Waals surface area contributed by atoms with Crippen LogP contribution in [0.5, 0.6) is 11.6 Å². The van der Waals surface area contributed by atoms with E-state index in [-0.39, 0.29) is 17.3 Å². The average molecular weight is 272 g/mol. The second kappa shape index (κ2) is 5.42. The number of rotatable bonds is 4. The monoisotopic (exact) mass is 271 g/mol. The highest BCUT2D eigenvalue weighted by molar-refractivity contribution is 6.17. The molecule has 1 aromatic heterocycles. The van der Waals surface area contributed by atoms with Gasteiger partial charge in [-0.25, -0.2) is 4.98 Å². The number of methoxy groups -OCH3 is 1. The van der Waals surface area contributed by atoms with Crippen molar-refractivity contribution in [3.63, 3.8) is 0 Å². The predicted octanol–water partition coefficient (Wildman–Crippen LogP) is 2.22. The Morgan fingerprint density at radius 1 is 1.47 bits per heavy atom. The largest absolute Gasteiger partial charge is 0.574 e. The minimum atomic E-state index is -4.88. The van der Waals surface area contributed by atoms with Crippen LogP contribution in [0, 0.1) is 0 Å². The van der Waals surface area contributed by atoms with E-state index in [0.29, 0.717) is 5.56 Å². The Morgan fingerprint density at radius 3 is 2.53 bits per heavy atom. The highest BCUT2D eigenvalue weighted by Gasteiger charge is 2.33. The minimum Gasteiger partial charge on any atom is -0.491 e. The zero-order chi connectivity index (χ0) is 13.1. The number of pyridine rings is 1. The van der Waals surface area contributed by atoms with Crippen molar-refractivity contribution in [1.82, 2.24) is 4.98 Å². The summed E-state index contributed by atoms with van der Waals surface area (Å²) in [7, 11) is 1.18. The molecule has 0 spiro atoms. The van der Waals surface area contributed by atoms with Gasteiger partial charge in [-0.3, -0.25) is 0 Å². The molecule has 17 heavy (non-hydrogen) atoms. The second-order valence-corrected chi connectivity index (χ2v) is 3.21. The van der Waals surface area contributed by atoms with E-state index in [9.17, 15) is 13.2 Å². The third-order valence-corrected chi connectivity index (χ3v) is 2.14. The fourth-order valence-electron chi connectivity index (χ4n) is 1.13. The molecule has 0 amide bonds. The van der Waals surface area contributed by atoms with Crippen molar-refractivity contribution in [2.45, 2.75) is 18.8 Å². The van der Waals surface area contributed by atoms with Crippen LogP contribution < -0.4 is 9.47 Å². The molecule has 0 aliphatic heterocycles. The Bertz CT molecular complexity index is 398. The highest BCUT2D eigenvalue weighted by Crippen LogP contribution is 2.32. The molecule has 8 heteroatoms. The molecule has 0 saturated carbocycles. The molecule has 1 aromatic rings. The van der Waals surface area contributed by atoms with E-state index >= 15 is 0 Å². The molecule has 1 heterocycles. The van der Waals surface area contributed by atoms with Crippen LogP contribution in [0.4, 0.5) is 13.2 Å². The number of hydrogen-bond acceptors (Lipinski definition) is 4. The SMILES string of the molecule is COc1cc(CCl)c(CO)nc1OC(F)(F)F. The van der Waals surface area contributed by atoms with E-state index in [1.165, 1.54) is 13.2 Å². The summed E-state index contributed by atoms with van der Waals surface area (Å²) in [6.45, 7) is -0.541. The molecule has 4 nitrogen and oxygen atoms in total. The van der Waals surface area contributed by atoms with Crippen LogP contribution in [-0.4, -0.2) is 23.6 Å². The number of nitrogens with zero attached hydrogens (tertiary/aromatic N) is 1. The van der Waals surface area contributed by atoms with Gasteiger partial charge in [0.15, 0.2) is 5.75 Å². The first kappa shape index (κ1) is 13.9. The molecule has 1 rings (SSSR count). The summed E-state index contributed by atoms with van der Waals surface area (Å²) in [4.78, 5) is 3.52. The van der Waals surface area contributed by atoms with E-state index < -0.39 is 18.8 Å². The van der Waals surface area contributed by atoms with Gasteiger partial charge in [0.05, 0.1) is 19.4 Å². The van der Waals surface area contributed by atoms with Crippen LogP contribution in [-0.2, 0) is 12.5 Å². The number of hydrogen-bond donors (Lipinski definition) is 1. The Balaban J connectivity index is 3.19. The van der Waals surface area contributed by atoms with Crippen molar-refractivity contribution in [1.29, 1.82) is 0 Å². The number of ether oxygens (including phenoxy) is 2. The molecule has 96 valence electrons. The Kier molecular flexibility index (Phi) is 4.41. The van der Waals surface area contributed by atoms with Gasteiger partial charge < -0.3 is 14.6 Å². The first-order chi connectivity index (χ1) is 7.91. The predicted molar refractivity (Wildman–Crippen MR) is 53.0 cm³/mol. The van der Waals surface area contributed by atoms with Crippen molar-refractivity contribution in [2.24, 2.45) is 0 Å². The summed E-state index contributed by atoms with van der Waals surface area (Å²) < 4.78 is 44.6. The third kappa shape index (κ3) is 3.64. The quantitative estimate of drug-likeness (QED) is 0.853. The van der Waals surface area contributed by atoms with E-state index in [1.807, 2.05) is 0 Å². The number of aromatic nitrogens is 1. The fourth-order valence-corrected chi connectivity index (χ4v) is 1.37. The van der Waals surface area contributed by atoms with Gasteiger partial charge in [0.1, 0.15) is 0 Å². The molecule has 0 aliphatic carbocycles. The smallest absolute Gasteiger partial charge is 0.491 e. The lowest BCUT2D eigenvalue weighted by molar-refractivity contribution is -0.276. The summed E-state index contributed by atoms with van der Waals surface area (Å²) in [6.07, 6.45) is -4.88. The minimum absolute atomic E-state index is 0.00838. The molecular weight excluding hydrogens is 263 g/mol. The number of aliphatic hydroxyl groups is 1. The Morgan fingerprint density at radius 2 is 2.12 bits per heavy atom. The van der Waals surface area contributed by atoms with Gasteiger partial charge in [0, 0.05) is 5.88 Å². The Hall–Kier alpha value is -1.21. The standard InChI is InChI=1S/C9H9ClF3NO3/c1-16-7-2-5(3-10)6(4-15)14-8(7)17-9(11,12)13/h2,15H,3-4H2,1H3. The zero-order valence-electron chi connectivity index (χ0n) is 8.71. The van der Waals surface area contributed by atoms with Crippen molar-refractivity contribution in [3.05, 3.63) is 17.3 Å². The topological polar surface area (TPSA) is 51.6 Å². The lowest BCUT2D eigenvalue weighted by Crippen LogP contribution is -2.19. The summed E-state index contributed by atoms with van der Waals surface area (Å²) in [5.74, 6) is -0.959. The first-order valence-corrected chi connectivity index (χ1v) is 4.94. The van der Waals surface area contributed by atoms with Crippen molar-refractivity contribution in [2.75, 3.05) is 7.11 Å². The lowest BCUT2D eigenvalue weighted by atomic mass is 10.2. The van der Waals surface area contributed by atoms with Gasteiger partial charge in [-0.2, -0.15) is 0 Å². The molecular formula is C9H9ClF3NO3. The van der Waals surface area contributed by atoms with Gasteiger partial charge in [-0.05, 0) is 11.6 Å². The summed E-state index contributed by atoms with van der Waals surface area (Å²) >= 11 is 5.56. The maximum Gasteiger partial charge on any atom is 0.574 e. The number of aliphatic hydroxyl groups excluding tert-OH is 1. The van der Waals surface area contributed by atoms with Crippen LogP contribution >= 0.6 is 11.6 Å². The average Bonchev–Trinajstić information content (AvgIpc) is 2.26. The molecule has 0 aromatic carbocycles. The van der Waals surface area contributed by atoms with Gasteiger partial charge in [0.25, 0.3) is 5.88 Å². The van der Waals surface area contributed by atoms with E-state index in [4.69, 9.17) is 21.4 Å². The molecule has 1 N–H and O–H groups in total. The van der Waals surface area contributed by atoms with Gasteiger partial charge in [0.2, 0.25) is 0 Å². The van der Waals surface area contributed by atoms with Gasteiger partial charge in [-0.15, -0.1) is 24.8 Å². The van der Waals surface area contributed by atoms with Gasteiger partial charge in [-0.1, -0.05) is 0 Å². The van der Waals surface area contributed by atoms with Crippen molar-refractivity contribution >= 4 is 11.6 Å². The van der Waals surface area contributed by atoms with Crippen LogP contribution in [0.25, 0.3) is 0 Å². The molecule has 0 aliphatic rings. The highest BCUT2D eigenvalue weighted by atomic mass is 35.5.